The Hall–Kier alpha value is -1.52. The van der Waals surface area contributed by atoms with Crippen molar-refractivity contribution in [3.8, 4) is 11.5 Å². The molecule has 1 aromatic carbocycles. The summed E-state index contributed by atoms with van der Waals surface area (Å²) in [5.41, 5.74) is 2.67. The van der Waals surface area contributed by atoms with Gasteiger partial charge >= 0.3 is 0 Å². The Morgan fingerprint density at radius 1 is 1.32 bits per heavy atom. The molecule has 0 fully saturated rings. The van der Waals surface area contributed by atoms with E-state index in [-0.39, 0.29) is 17.6 Å². The van der Waals surface area contributed by atoms with E-state index in [0.29, 0.717) is 0 Å². The number of rotatable bonds is 2. The van der Waals surface area contributed by atoms with E-state index >= 15 is 0 Å². The topological polar surface area (TPSA) is 30.9 Å². The van der Waals surface area contributed by atoms with Crippen LogP contribution < -0.4 is 9.47 Å². The molecule has 118 valence electrons. The molecule has 0 unspecified atom stereocenters. The van der Waals surface area contributed by atoms with Crippen LogP contribution in [0.1, 0.15) is 24.0 Å². The molecule has 0 bridgehead atoms. The lowest BCUT2D eigenvalue weighted by molar-refractivity contribution is 0.0551. The summed E-state index contributed by atoms with van der Waals surface area (Å²) in [4.78, 5) is 2.39. The Bertz CT molecular complexity index is 627. The fraction of sp³-hybridized carbons (Fsp3) is 0.556. The van der Waals surface area contributed by atoms with E-state index in [4.69, 9.17) is 14.2 Å². The second-order valence-electron chi connectivity index (χ2n) is 6.63. The molecule has 0 amide bonds. The van der Waals surface area contributed by atoms with Crippen LogP contribution in [0.25, 0.3) is 0 Å². The maximum absolute atomic E-state index is 6.40. The second-order valence-corrected chi connectivity index (χ2v) is 6.63. The van der Waals surface area contributed by atoms with Gasteiger partial charge in [-0.15, -0.1) is 0 Å². The highest BCUT2D eigenvalue weighted by molar-refractivity contribution is 5.60. The molecule has 4 nitrogen and oxygen atoms in total. The normalized spacial score (nSPS) is 32.9. The molecule has 3 atom stereocenters. The second kappa shape index (κ2) is 5.00. The van der Waals surface area contributed by atoms with Crippen molar-refractivity contribution in [2.45, 2.75) is 37.0 Å². The predicted molar refractivity (Wildman–Crippen MR) is 84.6 cm³/mol. The third-order valence-electron chi connectivity index (χ3n) is 5.43. The van der Waals surface area contributed by atoms with E-state index in [1.165, 1.54) is 11.1 Å². The lowest BCUT2D eigenvalue weighted by Crippen LogP contribution is -2.43. The lowest BCUT2D eigenvalue weighted by Gasteiger charge is -2.36. The van der Waals surface area contributed by atoms with E-state index in [0.717, 1.165) is 37.4 Å². The minimum Gasteiger partial charge on any atom is -0.493 e. The molecule has 22 heavy (non-hydrogen) atoms. The third-order valence-corrected chi connectivity index (χ3v) is 5.43. The SMILES string of the molecule is COc1ccc2c3c1O[C@H]1C[C@H](OC)C=C[C@@]31CCN(C)C2. The lowest BCUT2D eigenvalue weighted by atomic mass is 9.69. The van der Waals surface area contributed by atoms with Gasteiger partial charge in [0.15, 0.2) is 11.5 Å². The van der Waals surface area contributed by atoms with Crippen molar-refractivity contribution in [3.63, 3.8) is 0 Å². The quantitative estimate of drug-likeness (QED) is 0.785. The fourth-order valence-electron chi connectivity index (χ4n) is 4.24. The molecule has 4 rings (SSSR count). The van der Waals surface area contributed by atoms with Gasteiger partial charge in [-0.2, -0.15) is 0 Å². The van der Waals surface area contributed by atoms with Gasteiger partial charge in [-0.1, -0.05) is 18.2 Å². The molecular formula is C18H23NO3. The summed E-state index contributed by atoms with van der Waals surface area (Å²) >= 11 is 0. The molecule has 1 spiro atoms. The summed E-state index contributed by atoms with van der Waals surface area (Å²) in [7, 11) is 5.67. The van der Waals surface area contributed by atoms with Crippen molar-refractivity contribution >= 4 is 0 Å². The molecule has 0 N–H and O–H groups in total. The van der Waals surface area contributed by atoms with Crippen LogP contribution in [-0.4, -0.2) is 44.9 Å². The van der Waals surface area contributed by atoms with Crippen LogP contribution in [0.2, 0.25) is 0 Å². The van der Waals surface area contributed by atoms with Crippen LogP contribution in [0.3, 0.4) is 0 Å². The Labute approximate surface area is 131 Å². The van der Waals surface area contributed by atoms with E-state index in [1.807, 2.05) is 6.07 Å². The molecule has 2 heterocycles. The number of hydrogen-bond donors (Lipinski definition) is 0. The van der Waals surface area contributed by atoms with Crippen molar-refractivity contribution in [2.75, 3.05) is 27.8 Å². The Balaban J connectivity index is 1.91. The van der Waals surface area contributed by atoms with E-state index in [2.05, 4.69) is 30.2 Å². The molecule has 4 heteroatoms. The highest BCUT2D eigenvalue weighted by Crippen LogP contribution is 2.55. The minimum absolute atomic E-state index is 0.0288. The maximum Gasteiger partial charge on any atom is 0.166 e. The van der Waals surface area contributed by atoms with Gasteiger partial charge in [-0.3, -0.25) is 0 Å². The van der Waals surface area contributed by atoms with Crippen molar-refractivity contribution < 1.29 is 14.2 Å². The van der Waals surface area contributed by atoms with Crippen LogP contribution in [0.15, 0.2) is 24.3 Å². The first kappa shape index (κ1) is 14.1. The predicted octanol–water partition coefficient (Wildman–Crippen LogP) is 2.50. The largest absolute Gasteiger partial charge is 0.493 e. The summed E-state index contributed by atoms with van der Waals surface area (Å²) in [6.45, 7) is 2.03. The molecule has 0 saturated heterocycles. The van der Waals surface area contributed by atoms with Gasteiger partial charge in [0, 0.05) is 25.6 Å². The number of nitrogens with zero attached hydrogens (tertiary/aromatic N) is 1. The molecule has 2 aliphatic heterocycles. The first-order valence-corrected chi connectivity index (χ1v) is 7.95. The zero-order chi connectivity index (χ0) is 15.3. The van der Waals surface area contributed by atoms with Gasteiger partial charge in [-0.25, -0.2) is 0 Å². The molecule has 0 radical (unpaired) electrons. The summed E-state index contributed by atoms with van der Waals surface area (Å²) in [6.07, 6.45) is 6.80. The van der Waals surface area contributed by atoms with Crippen LogP contribution in [0, 0.1) is 0 Å². The van der Waals surface area contributed by atoms with Crippen molar-refractivity contribution in [2.24, 2.45) is 0 Å². The first-order valence-electron chi connectivity index (χ1n) is 7.95. The average Bonchev–Trinajstić information content (AvgIpc) is 2.80. The monoisotopic (exact) mass is 301 g/mol. The average molecular weight is 301 g/mol. The van der Waals surface area contributed by atoms with E-state index in [9.17, 15) is 0 Å². The van der Waals surface area contributed by atoms with Crippen LogP contribution in [-0.2, 0) is 16.7 Å². The number of ether oxygens (including phenoxy) is 3. The van der Waals surface area contributed by atoms with Gasteiger partial charge in [0.05, 0.1) is 18.6 Å². The molecule has 1 aliphatic carbocycles. The molecule has 0 aromatic heterocycles. The maximum atomic E-state index is 6.40. The van der Waals surface area contributed by atoms with Gasteiger partial charge < -0.3 is 19.1 Å². The van der Waals surface area contributed by atoms with E-state index in [1.54, 1.807) is 14.2 Å². The molecule has 3 aliphatic rings. The number of methoxy groups -OCH3 is 2. The standard InChI is InChI=1S/C18H23NO3/c1-19-9-8-18-7-6-13(20-2)10-15(18)22-17-14(21-3)5-4-12(11-19)16(17)18/h4-7,13,15H,8-11H2,1-3H3/t13-,15+,18+/m1/s1. The fourth-order valence-corrected chi connectivity index (χ4v) is 4.24. The highest BCUT2D eigenvalue weighted by Gasteiger charge is 2.52. The molecular weight excluding hydrogens is 278 g/mol. The van der Waals surface area contributed by atoms with Crippen molar-refractivity contribution in [3.05, 3.63) is 35.4 Å². The van der Waals surface area contributed by atoms with Gasteiger partial charge in [0.1, 0.15) is 6.10 Å². The summed E-state index contributed by atoms with van der Waals surface area (Å²) < 4.78 is 17.5. The summed E-state index contributed by atoms with van der Waals surface area (Å²) in [6, 6.07) is 4.24. The van der Waals surface area contributed by atoms with Crippen molar-refractivity contribution in [1.29, 1.82) is 0 Å². The van der Waals surface area contributed by atoms with Crippen molar-refractivity contribution in [1.82, 2.24) is 4.90 Å². The highest BCUT2D eigenvalue weighted by atomic mass is 16.5. The van der Waals surface area contributed by atoms with Crippen LogP contribution in [0.5, 0.6) is 11.5 Å². The zero-order valence-electron chi connectivity index (χ0n) is 13.5. The Morgan fingerprint density at radius 2 is 2.18 bits per heavy atom. The van der Waals surface area contributed by atoms with Gasteiger partial charge in [-0.05, 0) is 31.6 Å². The van der Waals surface area contributed by atoms with Crippen LogP contribution in [0.4, 0.5) is 0 Å². The molecule has 0 saturated carbocycles. The number of hydrogen-bond acceptors (Lipinski definition) is 4. The van der Waals surface area contributed by atoms with Crippen LogP contribution >= 0.6 is 0 Å². The number of benzene rings is 1. The third kappa shape index (κ3) is 1.83. The first-order chi connectivity index (χ1) is 10.7. The minimum atomic E-state index is -0.0288. The van der Waals surface area contributed by atoms with Gasteiger partial charge in [0.2, 0.25) is 0 Å². The Morgan fingerprint density at radius 3 is 2.95 bits per heavy atom. The zero-order valence-corrected chi connectivity index (χ0v) is 13.5. The Kier molecular flexibility index (Phi) is 3.20. The smallest absolute Gasteiger partial charge is 0.166 e. The summed E-state index contributed by atoms with van der Waals surface area (Å²) in [5.74, 6) is 1.79. The summed E-state index contributed by atoms with van der Waals surface area (Å²) in [5, 5.41) is 0. The van der Waals surface area contributed by atoms with E-state index < -0.39 is 0 Å². The molecule has 1 aromatic rings. The van der Waals surface area contributed by atoms with Gasteiger partial charge in [0.25, 0.3) is 0 Å².